The molecule has 0 N–H and O–H groups in total. The van der Waals surface area contributed by atoms with Gasteiger partial charge in [0.05, 0.1) is 18.2 Å². The van der Waals surface area contributed by atoms with Gasteiger partial charge in [-0.3, -0.25) is 19.1 Å². The molecule has 0 unspecified atom stereocenters. The molecule has 0 fully saturated rings. The second kappa shape index (κ2) is 9.78. The minimum atomic E-state index is -0.693. The van der Waals surface area contributed by atoms with Crippen molar-refractivity contribution in [3.05, 3.63) is 92.4 Å². The predicted octanol–water partition coefficient (Wildman–Crippen LogP) is 4.42. The molecule has 1 aliphatic carbocycles. The Balaban J connectivity index is 1.80. The summed E-state index contributed by atoms with van der Waals surface area (Å²) in [6.07, 6.45) is 1.65. The predicted molar refractivity (Wildman–Crippen MR) is 136 cm³/mol. The number of hydrogen-bond acceptors (Lipinski definition) is 5. The minimum Gasteiger partial charge on any atom is -0.420 e. The topological polar surface area (TPSA) is 81.5 Å². The molecule has 0 spiro atoms. The summed E-state index contributed by atoms with van der Waals surface area (Å²) in [7, 11) is 0. The van der Waals surface area contributed by atoms with Crippen molar-refractivity contribution >= 4 is 11.9 Å². The fourth-order valence-corrected chi connectivity index (χ4v) is 5.50. The largest absolute Gasteiger partial charge is 0.420 e. The Morgan fingerprint density at radius 1 is 0.974 bits per heavy atom. The molecule has 0 saturated carbocycles. The lowest BCUT2D eigenvalue weighted by molar-refractivity contribution is -0.137. The van der Waals surface area contributed by atoms with Crippen LogP contribution in [0.25, 0.3) is 0 Å². The van der Waals surface area contributed by atoms with Crippen LogP contribution < -0.4 is 10.2 Å². The van der Waals surface area contributed by atoms with Gasteiger partial charge in [-0.25, -0.2) is 8.78 Å². The van der Waals surface area contributed by atoms with Crippen LogP contribution in [-0.4, -0.2) is 39.1 Å². The molecule has 3 aromatic rings. The van der Waals surface area contributed by atoms with Gasteiger partial charge >= 0.3 is 5.97 Å². The molecular formula is C29H29F2N3O4. The summed E-state index contributed by atoms with van der Waals surface area (Å²) >= 11 is 0. The number of hydrogen-bond donors (Lipinski definition) is 0. The zero-order valence-corrected chi connectivity index (χ0v) is 21.7. The molecule has 1 aromatic heterocycles. The Bertz CT molecular complexity index is 1440. The molecule has 2 aromatic carbocycles. The summed E-state index contributed by atoms with van der Waals surface area (Å²) in [5, 5.41) is 4.33. The van der Waals surface area contributed by atoms with Crippen LogP contribution in [0.1, 0.15) is 72.4 Å². The molecule has 1 atom stereocenters. The molecule has 5 rings (SSSR count). The minimum absolute atomic E-state index is 0.142. The molecule has 2 aliphatic rings. The zero-order valence-electron chi connectivity index (χ0n) is 21.7. The monoisotopic (exact) mass is 521 g/mol. The van der Waals surface area contributed by atoms with Crippen LogP contribution >= 0.6 is 0 Å². The van der Waals surface area contributed by atoms with E-state index in [-0.39, 0.29) is 35.7 Å². The van der Waals surface area contributed by atoms with E-state index >= 15 is 8.78 Å². The van der Waals surface area contributed by atoms with Crippen molar-refractivity contribution in [2.75, 3.05) is 6.54 Å². The third kappa shape index (κ3) is 4.19. The number of nitrogens with zero attached hydrogens (tertiary/aromatic N) is 3. The average molecular weight is 522 g/mol. The smallest absolute Gasteiger partial charge is 0.313 e. The normalized spacial score (nSPS) is 17.2. The maximum absolute atomic E-state index is 15.1. The van der Waals surface area contributed by atoms with E-state index in [1.165, 1.54) is 16.8 Å². The van der Waals surface area contributed by atoms with Crippen molar-refractivity contribution in [3.8, 4) is 5.75 Å². The number of esters is 1. The lowest BCUT2D eigenvalue weighted by Gasteiger charge is -2.41. The van der Waals surface area contributed by atoms with Gasteiger partial charge in [0, 0.05) is 18.5 Å². The molecule has 0 radical (unpaired) electrons. The molecule has 7 nitrogen and oxygen atoms in total. The molecular weight excluding hydrogens is 492 g/mol. The van der Waals surface area contributed by atoms with Crippen molar-refractivity contribution in [2.24, 2.45) is 5.92 Å². The Morgan fingerprint density at radius 3 is 2.08 bits per heavy atom. The summed E-state index contributed by atoms with van der Waals surface area (Å²) in [5.74, 6) is -3.43. The highest BCUT2D eigenvalue weighted by molar-refractivity contribution is 5.97. The Kier molecular flexibility index (Phi) is 6.63. The number of fused-ring (bicyclic) bond motifs is 3. The number of ether oxygens (including phenoxy) is 1. The first-order valence-electron chi connectivity index (χ1n) is 12.8. The number of halogens is 2. The molecule has 0 saturated heterocycles. The number of carbonyl (C=O) groups excluding carboxylic acids is 2. The van der Waals surface area contributed by atoms with Gasteiger partial charge < -0.3 is 9.64 Å². The third-order valence-electron chi connectivity index (χ3n) is 7.42. The van der Waals surface area contributed by atoms with E-state index in [9.17, 15) is 14.4 Å². The maximum atomic E-state index is 15.1. The van der Waals surface area contributed by atoms with E-state index in [0.29, 0.717) is 35.1 Å². The Hall–Kier alpha value is -3.88. The average Bonchev–Trinajstić information content (AvgIpc) is 3.04. The van der Waals surface area contributed by atoms with Gasteiger partial charge in [0.15, 0.2) is 5.69 Å². The van der Waals surface area contributed by atoms with E-state index in [2.05, 4.69) is 5.10 Å². The third-order valence-corrected chi connectivity index (χ3v) is 7.42. The number of rotatable bonds is 4. The molecule has 2 heterocycles. The summed E-state index contributed by atoms with van der Waals surface area (Å²) in [6.45, 7) is 7.11. The van der Waals surface area contributed by atoms with E-state index in [1.54, 1.807) is 30.9 Å². The van der Waals surface area contributed by atoms with E-state index < -0.39 is 35.2 Å². The van der Waals surface area contributed by atoms with Crippen LogP contribution in [0.5, 0.6) is 5.75 Å². The summed E-state index contributed by atoms with van der Waals surface area (Å²) in [4.78, 5) is 40.6. The van der Waals surface area contributed by atoms with Crippen LogP contribution in [0.4, 0.5) is 8.78 Å². The lowest BCUT2D eigenvalue weighted by atomic mass is 9.81. The highest BCUT2D eigenvalue weighted by atomic mass is 19.1. The van der Waals surface area contributed by atoms with Gasteiger partial charge in [0.25, 0.3) is 5.91 Å². The quantitative estimate of drug-likeness (QED) is 0.475. The zero-order chi connectivity index (χ0) is 27.3. The fourth-order valence-electron chi connectivity index (χ4n) is 5.50. The van der Waals surface area contributed by atoms with Crippen LogP contribution in [0.2, 0.25) is 0 Å². The van der Waals surface area contributed by atoms with Gasteiger partial charge in [-0.15, -0.1) is 0 Å². The number of aromatic nitrogens is 2. The Labute approximate surface area is 219 Å². The molecule has 1 amide bonds. The van der Waals surface area contributed by atoms with Crippen molar-refractivity contribution < 1.29 is 23.1 Å². The van der Waals surface area contributed by atoms with Crippen molar-refractivity contribution in [3.63, 3.8) is 0 Å². The van der Waals surface area contributed by atoms with Crippen LogP contribution in [-0.2, 0) is 17.6 Å². The first-order valence-corrected chi connectivity index (χ1v) is 12.8. The maximum Gasteiger partial charge on any atom is 0.313 e. The van der Waals surface area contributed by atoms with E-state index in [0.717, 1.165) is 6.20 Å². The van der Waals surface area contributed by atoms with Gasteiger partial charge in [-0.2, -0.15) is 5.10 Å². The number of carbonyl (C=O) groups is 2. The number of amides is 1. The summed E-state index contributed by atoms with van der Waals surface area (Å²) in [6, 6.07) is 8.75. The first-order chi connectivity index (χ1) is 18.1. The Morgan fingerprint density at radius 2 is 1.55 bits per heavy atom. The first kappa shape index (κ1) is 25.8. The SMILES string of the molecule is CC(C)C(=O)Oc1c2n(ncc1=O)[C@H](C1c3cccc(F)c3CCc3c(F)cccc31)CN(C(C)C)C2=O. The molecule has 38 heavy (non-hydrogen) atoms. The second-order valence-electron chi connectivity index (χ2n) is 10.4. The van der Waals surface area contributed by atoms with Crippen molar-refractivity contribution in [2.45, 2.75) is 58.5 Å². The van der Waals surface area contributed by atoms with E-state index in [1.807, 2.05) is 26.0 Å². The second-order valence-corrected chi connectivity index (χ2v) is 10.4. The van der Waals surface area contributed by atoms with E-state index in [4.69, 9.17) is 4.74 Å². The summed E-state index contributed by atoms with van der Waals surface area (Å²) < 4.78 is 37.1. The van der Waals surface area contributed by atoms with Gasteiger partial charge in [-0.1, -0.05) is 38.1 Å². The number of benzene rings is 2. The van der Waals surface area contributed by atoms with Crippen LogP contribution in [0.3, 0.4) is 0 Å². The molecule has 198 valence electrons. The van der Waals surface area contributed by atoms with Crippen molar-refractivity contribution in [1.29, 1.82) is 0 Å². The van der Waals surface area contributed by atoms with Crippen LogP contribution in [0, 0.1) is 17.6 Å². The molecule has 9 heteroatoms. The highest BCUT2D eigenvalue weighted by Crippen LogP contribution is 2.45. The lowest BCUT2D eigenvalue weighted by Crippen LogP contribution is -2.50. The molecule has 1 aliphatic heterocycles. The highest BCUT2D eigenvalue weighted by Gasteiger charge is 2.43. The van der Waals surface area contributed by atoms with Gasteiger partial charge in [0.1, 0.15) is 11.6 Å². The standard InChI is InChI=1S/C29H29F2N3O4/c1-15(2)29(37)38-27-24(35)13-32-34-23(14-33(16(3)4)28(36)26(27)34)25-19-7-5-9-21(30)17(19)11-12-18-20(25)8-6-10-22(18)31/h5-10,13,15-16,23,25H,11-12,14H2,1-4H3/t23-/m0/s1. The van der Waals surface area contributed by atoms with Crippen molar-refractivity contribution in [1.82, 2.24) is 14.7 Å². The molecule has 0 bridgehead atoms. The summed E-state index contributed by atoms with van der Waals surface area (Å²) in [5.41, 5.74) is 1.47. The van der Waals surface area contributed by atoms with Gasteiger partial charge in [-0.05, 0) is 61.1 Å². The van der Waals surface area contributed by atoms with Gasteiger partial charge in [0.2, 0.25) is 11.2 Å². The van der Waals surface area contributed by atoms with Crippen LogP contribution in [0.15, 0.2) is 47.4 Å². The fraction of sp³-hybridized carbons (Fsp3) is 0.379.